The fourth-order valence-electron chi connectivity index (χ4n) is 2.91. The van der Waals surface area contributed by atoms with Gasteiger partial charge in [0.05, 0.1) is 12.2 Å². The third-order valence-corrected chi connectivity index (χ3v) is 4.27. The van der Waals surface area contributed by atoms with Crippen molar-refractivity contribution in [1.29, 1.82) is 0 Å². The number of ether oxygens (including phenoxy) is 1. The summed E-state index contributed by atoms with van der Waals surface area (Å²) in [6.07, 6.45) is -3.33. The van der Waals surface area contributed by atoms with E-state index in [-0.39, 0.29) is 31.0 Å². The summed E-state index contributed by atoms with van der Waals surface area (Å²) in [7, 11) is 0. The molecule has 0 aromatic heterocycles. The summed E-state index contributed by atoms with van der Waals surface area (Å²) in [5.41, 5.74) is -0.635. The monoisotopic (exact) mass is 386 g/mol. The first-order valence-electron chi connectivity index (χ1n) is 8.62. The van der Waals surface area contributed by atoms with Gasteiger partial charge in [0.1, 0.15) is 6.54 Å². The molecule has 1 aliphatic rings. The maximum absolute atomic E-state index is 12.6. The Morgan fingerprint density at radius 2 is 1.89 bits per heavy atom. The molecule has 0 unspecified atom stereocenters. The van der Waals surface area contributed by atoms with Gasteiger partial charge in [0.15, 0.2) is 5.78 Å². The molecule has 1 aromatic carbocycles. The number of alkyl halides is 3. The lowest BCUT2D eigenvalue weighted by Crippen LogP contribution is -2.48. The Kier molecular flexibility index (Phi) is 6.81. The van der Waals surface area contributed by atoms with Crippen molar-refractivity contribution in [1.82, 2.24) is 10.2 Å². The number of Topliss-reactive ketones (excluding diaryl/α,β-unsaturated/α-hetero) is 1. The minimum atomic E-state index is -4.46. The van der Waals surface area contributed by atoms with Crippen molar-refractivity contribution >= 4 is 17.8 Å². The molecule has 9 heteroatoms. The molecule has 148 valence electrons. The van der Waals surface area contributed by atoms with Crippen molar-refractivity contribution in [3.8, 4) is 0 Å². The van der Waals surface area contributed by atoms with Gasteiger partial charge in [-0.3, -0.25) is 9.59 Å². The molecule has 0 spiro atoms. The van der Waals surface area contributed by atoms with Crippen LogP contribution in [-0.4, -0.2) is 48.9 Å². The summed E-state index contributed by atoms with van der Waals surface area (Å²) in [5, 5.41) is 2.44. The maximum atomic E-state index is 12.6. The third-order valence-electron chi connectivity index (χ3n) is 4.27. The Morgan fingerprint density at radius 1 is 1.22 bits per heavy atom. The van der Waals surface area contributed by atoms with Crippen LogP contribution in [0.15, 0.2) is 24.3 Å². The number of likely N-dealkylation sites (tertiary alicyclic amines) is 1. The van der Waals surface area contributed by atoms with Gasteiger partial charge in [-0.25, -0.2) is 4.79 Å². The van der Waals surface area contributed by atoms with Crippen molar-refractivity contribution in [3.63, 3.8) is 0 Å². The van der Waals surface area contributed by atoms with E-state index in [1.165, 1.54) is 4.90 Å². The molecule has 0 bridgehead atoms. The number of ketones is 1. The van der Waals surface area contributed by atoms with Gasteiger partial charge < -0.3 is 15.0 Å². The topological polar surface area (TPSA) is 75.7 Å². The number of rotatable bonds is 5. The average Bonchev–Trinajstić information content (AvgIpc) is 2.65. The molecule has 1 N–H and O–H groups in total. The lowest BCUT2D eigenvalue weighted by atomic mass is 9.90. The van der Waals surface area contributed by atoms with Gasteiger partial charge in [-0.2, -0.15) is 13.2 Å². The van der Waals surface area contributed by atoms with Crippen LogP contribution in [0, 0.1) is 5.92 Å². The zero-order valence-corrected chi connectivity index (χ0v) is 14.8. The molecule has 1 heterocycles. The minimum absolute atomic E-state index is 0.147. The summed E-state index contributed by atoms with van der Waals surface area (Å²) < 4.78 is 42.6. The van der Waals surface area contributed by atoms with Crippen LogP contribution in [0.3, 0.4) is 0 Å². The predicted octanol–water partition coefficient (Wildman–Crippen LogP) is 2.87. The summed E-state index contributed by atoms with van der Waals surface area (Å²) in [6, 6.07) is 3.59. The number of urea groups is 1. The highest BCUT2D eigenvalue weighted by Crippen LogP contribution is 2.30. The number of benzene rings is 1. The predicted molar refractivity (Wildman–Crippen MR) is 90.1 cm³/mol. The molecule has 6 nitrogen and oxygen atoms in total. The lowest BCUT2D eigenvalue weighted by molar-refractivity contribution is -0.142. The van der Waals surface area contributed by atoms with Crippen molar-refractivity contribution in [2.45, 2.75) is 25.9 Å². The van der Waals surface area contributed by atoms with Crippen LogP contribution in [0.4, 0.5) is 18.0 Å². The van der Waals surface area contributed by atoms with Crippen LogP contribution >= 0.6 is 0 Å². The normalized spacial score (nSPS) is 17.3. The number of halogens is 3. The van der Waals surface area contributed by atoms with Crippen LogP contribution in [-0.2, 0) is 15.7 Å². The number of hydrogen-bond acceptors (Lipinski definition) is 4. The van der Waals surface area contributed by atoms with Gasteiger partial charge in [-0.15, -0.1) is 0 Å². The van der Waals surface area contributed by atoms with E-state index >= 15 is 0 Å². The van der Waals surface area contributed by atoms with Gasteiger partial charge in [0.2, 0.25) is 0 Å². The molecular weight excluding hydrogens is 365 g/mol. The molecule has 2 amide bonds. The van der Waals surface area contributed by atoms with Gasteiger partial charge in [0, 0.05) is 24.6 Å². The SMILES string of the molecule is CCOC(=O)CNC(=O)N1CCC[C@H](C(=O)c2ccc(C(F)(F)F)cc2)C1. The smallest absolute Gasteiger partial charge is 0.416 e. The number of nitrogens with one attached hydrogen (secondary N) is 1. The molecule has 0 saturated carbocycles. The van der Waals surface area contributed by atoms with E-state index in [0.717, 1.165) is 24.3 Å². The number of nitrogens with zero attached hydrogens (tertiary/aromatic N) is 1. The molecule has 27 heavy (non-hydrogen) atoms. The van der Waals surface area contributed by atoms with E-state index < -0.39 is 29.7 Å². The Bertz CT molecular complexity index is 689. The summed E-state index contributed by atoms with van der Waals surface area (Å²) in [6.45, 7) is 2.19. The van der Waals surface area contributed by atoms with Crippen LogP contribution in [0.25, 0.3) is 0 Å². The number of amides is 2. The Hall–Kier alpha value is -2.58. The van der Waals surface area contributed by atoms with Crippen molar-refractivity contribution < 1.29 is 32.3 Å². The van der Waals surface area contributed by atoms with Gasteiger partial charge in [-0.05, 0) is 31.9 Å². The molecule has 0 aliphatic carbocycles. The van der Waals surface area contributed by atoms with Crippen LogP contribution in [0.5, 0.6) is 0 Å². The van der Waals surface area contributed by atoms with Gasteiger partial charge in [-0.1, -0.05) is 12.1 Å². The average molecular weight is 386 g/mol. The Morgan fingerprint density at radius 3 is 2.48 bits per heavy atom. The number of hydrogen-bond donors (Lipinski definition) is 1. The number of carbonyl (C=O) groups is 3. The van der Waals surface area contributed by atoms with Crippen molar-refractivity contribution in [2.75, 3.05) is 26.2 Å². The third kappa shape index (κ3) is 5.70. The van der Waals surface area contributed by atoms with E-state index in [1.807, 2.05) is 0 Å². The molecular formula is C18H21F3N2O4. The number of piperidine rings is 1. The molecule has 1 atom stereocenters. The van der Waals surface area contributed by atoms with E-state index in [4.69, 9.17) is 4.74 Å². The Balaban J connectivity index is 1.95. The first-order valence-corrected chi connectivity index (χ1v) is 8.62. The summed E-state index contributed by atoms with van der Waals surface area (Å²) in [5.74, 6) is -1.35. The molecule has 2 rings (SSSR count). The highest BCUT2D eigenvalue weighted by molar-refractivity contribution is 5.98. The molecule has 1 aromatic rings. The van der Waals surface area contributed by atoms with Gasteiger partial charge >= 0.3 is 18.2 Å². The molecule has 1 aliphatic heterocycles. The molecule has 1 fully saturated rings. The maximum Gasteiger partial charge on any atom is 0.416 e. The molecule has 1 saturated heterocycles. The second kappa shape index (κ2) is 8.88. The summed E-state index contributed by atoms with van der Waals surface area (Å²) in [4.78, 5) is 37.4. The summed E-state index contributed by atoms with van der Waals surface area (Å²) >= 11 is 0. The van der Waals surface area contributed by atoms with Crippen molar-refractivity contribution in [3.05, 3.63) is 35.4 Å². The zero-order chi connectivity index (χ0) is 20.0. The number of esters is 1. The van der Waals surface area contributed by atoms with E-state index in [9.17, 15) is 27.6 Å². The largest absolute Gasteiger partial charge is 0.465 e. The highest BCUT2D eigenvalue weighted by atomic mass is 19.4. The standard InChI is InChI=1S/C18H21F3N2O4/c1-2-27-15(24)10-22-17(26)23-9-3-4-13(11-23)16(25)12-5-7-14(8-6-12)18(19,20)21/h5-8,13H,2-4,9-11H2,1H3,(H,22,26)/t13-/m0/s1. The Labute approximate surface area is 154 Å². The van der Waals surface area contributed by atoms with Crippen LogP contribution < -0.4 is 5.32 Å². The second-order valence-corrected chi connectivity index (χ2v) is 6.19. The van der Waals surface area contributed by atoms with Crippen LogP contribution in [0.2, 0.25) is 0 Å². The highest BCUT2D eigenvalue weighted by Gasteiger charge is 2.32. The van der Waals surface area contributed by atoms with E-state index in [2.05, 4.69) is 5.32 Å². The fraction of sp³-hybridized carbons (Fsp3) is 0.500. The minimum Gasteiger partial charge on any atom is -0.465 e. The van der Waals surface area contributed by atoms with E-state index in [1.54, 1.807) is 6.92 Å². The molecule has 0 radical (unpaired) electrons. The first-order chi connectivity index (χ1) is 12.7. The van der Waals surface area contributed by atoms with E-state index in [0.29, 0.717) is 19.4 Å². The number of carbonyl (C=O) groups excluding carboxylic acids is 3. The lowest BCUT2D eigenvalue weighted by Gasteiger charge is -2.32. The second-order valence-electron chi connectivity index (χ2n) is 6.19. The van der Waals surface area contributed by atoms with Gasteiger partial charge in [0.25, 0.3) is 0 Å². The van der Waals surface area contributed by atoms with Crippen LogP contribution in [0.1, 0.15) is 35.7 Å². The first kappa shape index (κ1) is 20.7. The fourth-order valence-corrected chi connectivity index (χ4v) is 2.91. The quantitative estimate of drug-likeness (QED) is 0.624. The van der Waals surface area contributed by atoms with Crippen molar-refractivity contribution in [2.24, 2.45) is 5.92 Å². The zero-order valence-electron chi connectivity index (χ0n) is 14.8.